The number of hydrogen-bond donors (Lipinski definition) is 2. The fraction of sp³-hybridized carbons (Fsp3) is 0.417. The molecule has 1 aromatic rings. The van der Waals surface area contributed by atoms with Crippen LogP contribution in [0.4, 0.5) is 10.5 Å². The van der Waals surface area contributed by atoms with Gasteiger partial charge in [0.15, 0.2) is 0 Å². The van der Waals surface area contributed by atoms with Gasteiger partial charge in [-0.2, -0.15) is 0 Å². The fourth-order valence-electron chi connectivity index (χ4n) is 1.32. The van der Waals surface area contributed by atoms with E-state index in [1.807, 2.05) is 38.1 Å². The van der Waals surface area contributed by atoms with Gasteiger partial charge in [-0.3, -0.25) is 4.90 Å². The largest absolute Gasteiger partial charge is 0.336 e. The lowest BCUT2D eigenvalue weighted by Crippen LogP contribution is -2.40. The molecule has 0 spiro atoms. The molecule has 0 bridgehead atoms. The van der Waals surface area contributed by atoms with Crippen LogP contribution in [0.2, 0.25) is 0 Å². The highest BCUT2D eigenvalue weighted by Crippen LogP contribution is 2.13. The predicted octanol–water partition coefficient (Wildman–Crippen LogP) is 1.70. The normalized spacial score (nSPS) is 10.3. The third-order valence-corrected chi connectivity index (χ3v) is 2.28. The first-order valence-corrected chi connectivity index (χ1v) is 5.38. The molecule has 0 unspecified atom stereocenters. The zero-order valence-corrected chi connectivity index (χ0v) is 10.0. The second-order valence-corrected chi connectivity index (χ2v) is 4.03. The van der Waals surface area contributed by atoms with Crippen molar-refractivity contribution in [1.82, 2.24) is 5.32 Å². The first kappa shape index (κ1) is 12.5. The number of benzene rings is 1. The molecule has 1 aromatic carbocycles. The highest BCUT2D eigenvalue weighted by molar-refractivity contribution is 5.91. The number of amides is 2. The summed E-state index contributed by atoms with van der Waals surface area (Å²) < 4.78 is 0. The summed E-state index contributed by atoms with van der Waals surface area (Å²) in [5.41, 5.74) is 7.42. The molecule has 0 aliphatic rings. The molecule has 16 heavy (non-hydrogen) atoms. The summed E-state index contributed by atoms with van der Waals surface area (Å²) in [6.45, 7) is 4.38. The Hall–Kier alpha value is -1.55. The molecule has 0 radical (unpaired) electrons. The van der Waals surface area contributed by atoms with Crippen LogP contribution in [0.3, 0.4) is 0 Å². The fourth-order valence-corrected chi connectivity index (χ4v) is 1.32. The van der Waals surface area contributed by atoms with Crippen LogP contribution in [0, 0.1) is 0 Å². The molecule has 0 heterocycles. The molecule has 0 saturated heterocycles. The molecule has 4 nitrogen and oxygen atoms in total. The topological polar surface area (TPSA) is 58.4 Å². The van der Waals surface area contributed by atoms with Gasteiger partial charge in [0, 0.05) is 25.3 Å². The first-order valence-electron chi connectivity index (χ1n) is 5.38. The molecule has 0 aromatic heterocycles. The average Bonchev–Trinajstić information content (AvgIpc) is 2.27. The van der Waals surface area contributed by atoms with E-state index in [4.69, 9.17) is 5.73 Å². The van der Waals surface area contributed by atoms with Crippen LogP contribution in [0.15, 0.2) is 24.3 Å². The van der Waals surface area contributed by atoms with Crippen molar-refractivity contribution in [2.45, 2.75) is 26.4 Å². The van der Waals surface area contributed by atoms with Gasteiger partial charge in [0.2, 0.25) is 0 Å². The third-order valence-electron chi connectivity index (χ3n) is 2.28. The van der Waals surface area contributed by atoms with Gasteiger partial charge in [0.1, 0.15) is 0 Å². The number of carbonyl (C=O) groups is 1. The van der Waals surface area contributed by atoms with E-state index in [1.165, 1.54) is 0 Å². The van der Waals surface area contributed by atoms with E-state index < -0.39 is 0 Å². The Bertz CT molecular complexity index is 346. The Morgan fingerprint density at radius 3 is 2.38 bits per heavy atom. The Kier molecular flexibility index (Phi) is 4.31. The number of carbonyl (C=O) groups excluding carboxylic acids is 1. The van der Waals surface area contributed by atoms with E-state index in [1.54, 1.807) is 11.9 Å². The SMILES string of the molecule is CC(C)NC(=O)N(C)c1ccc(CN)cc1. The molecule has 1 rings (SSSR count). The smallest absolute Gasteiger partial charge is 0.321 e. The Balaban J connectivity index is 2.72. The summed E-state index contributed by atoms with van der Waals surface area (Å²) in [6.07, 6.45) is 0. The summed E-state index contributed by atoms with van der Waals surface area (Å²) in [6, 6.07) is 7.67. The standard InChI is InChI=1S/C12H19N3O/c1-9(2)14-12(16)15(3)11-6-4-10(8-13)5-7-11/h4-7,9H,8,13H2,1-3H3,(H,14,16). The number of nitrogens with zero attached hydrogens (tertiary/aromatic N) is 1. The lowest BCUT2D eigenvalue weighted by atomic mass is 10.2. The van der Waals surface area contributed by atoms with E-state index >= 15 is 0 Å². The molecular formula is C12H19N3O. The van der Waals surface area contributed by atoms with Crippen LogP contribution in [0.25, 0.3) is 0 Å². The van der Waals surface area contributed by atoms with Crippen LogP contribution in [-0.2, 0) is 6.54 Å². The van der Waals surface area contributed by atoms with Gasteiger partial charge in [0.25, 0.3) is 0 Å². The maximum absolute atomic E-state index is 11.7. The second kappa shape index (κ2) is 5.51. The zero-order chi connectivity index (χ0) is 12.1. The Morgan fingerprint density at radius 2 is 1.94 bits per heavy atom. The van der Waals surface area contributed by atoms with Gasteiger partial charge in [0.05, 0.1) is 0 Å². The van der Waals surface area contributed by atoms with E-state index in [9.17, 15) is 4.79 Å². The van der Waals surface area contributed by atoms with Crippen molar-refractivity contribution in [3.63, 3.8) is 0 Å². The van der Waals surface area contributed by atoms with Crippen LogP contribution >= 0.6 is 0 Å². The number of nitrogens with two attached hydrogens (primary N) is 1. The molecule has 0 saturated carbocycles. The molecular weight excluding hydrogens is 202 g/mol. The second-order valence-electron chi connectivity index (χ2n) is 4.03. The van der Waals surface area contributed by atoms with Crippen molar-refractivity contribution < 1.29 is 4.79 Å². The molecule has 0 aliphatic heterocycles. The maximum atomic E-state index is 11.7. The number of rotatable bonds is 3. The van der Waals surface area contributed by atoms with E-state index in [0.29, 0.717) is 6.54 Å². The van der Waals surface area contributed by atoms with E-state index in [0.717, 1.165) is 11.3 Å². The predicted molar refractivity (Wildman–Crippen MR) is 66.4 cm³/mol. The maximum Gasteiger partial charge on any atom is 0.321 e. The molecule has 0 fully saturated rings. The van der Waals surface area contributed by atoms with Crippen molar-refractivity contribution in [3.8, 4) is 0 Å². The van der Waals surface area contributed by atoms with Crippen molar-refractivity contribution in [2.75, 3.05) is 11.9 Å². The van der Waals surface area contributed by atoms with E-state index in [-0.39, 0.29) is 12.1 Å². The summed E-state index contributed by atoms with van der Waals surface area (Å²) >= 11 is 0. The summed E-state index contributed by atoms with van der Waals surface area (Å²) in [5.74, 6) is 0. The van der Waals surface area contributed by atoms with Crippen molar-refractivity contribution >= 4 is 11.7 Å². The number of anilines is 1. The quantitative estimate of drug-likeness (QED) is 0.816. The first-order chi connectivity index (χ1) is 7.54. The Morgan fingerprint density at radius 1 is 1.38 bits per heavy atom. The summed E-state index contributed by atoms with van der Waals surface area (Å²) in [4.78, 5) is 13.3. The number of hydrogen-bond acceptors (Lipinski definition) is 2. The number of nitrogens with one attached hydrogen (secondary N) is 1. The zero-order valence-electron chi connectivity index (χ0n) is 10.0. The third kappa shape index (κ3) is 3.24. The number of urea groups is 1. The van der Waals surface area contributed by atoms with Gasteiger partial charge < -0.3 is 11.1 Å². The van der Waals surface area contributed by atoms with Crippen LogP contribution < -0.4 is 16.0 Å². The van der Waals surface area contributed by atoms with Crippen molar-refractivity contribution in [2.24, 2.45) is 5.73 Å². The van der Waals surface area contributed by atoms with Gasteiger partial charge >= 0.3 is 6.03 Å². The molecule has 0 aliphatic carbocycles. The van der Waals surface area contributed by atoms with Crippen molar-refractivity contribution in [1.29, 1.82) is 0 Å². The van der Waals surface area contributed by atoms with Crippen LogP contribution in [-0.4, -0.2) is 19.1 Å². The summed E-state index contributed by atoms with van der Waals surface area (Å²) in [7, 11) is 1.75. The minimum atomic E-state index is -0.101. The Labute approximate surface area is 96.4 Å². The van der Waals surface area contributed by atoms with Crippen LogP contribution in [0.5, 0.6) is 0 Å². The van der Waals surface area contributed by atoms with Crippen molar-refractivity contribution in [3.05, 3.63) is 29.8 Å². The van der Waals surface area contributed by atoms with Gasteiger partial charge in [-0.25, -0.2) is 4.79 Å². The minimum absolute atomic E-state index is 0.101. The van der Waals surface area contributed by atoms with Gasteiger partial charge in [-0.05, 0) is 31.5 Å². The van der Waals surface area contributed by atoms with Gasteiger partial charge in [-0.1, -0.05) is 12.1 Å². The highest BCUT2D eigenvalue weighted by atomic mass is 16.2. The molecule has 4 heteroatoms. The highest BCUT2D eigenvalue weighted by Gasteiger charge is 2.10. The molecule has 3 N–H and O–H groups in total. The minimum Gasteiger partial charge on any atom is -0.336 e. The van der Waals surface area contributed by atoms with Gasteiger partial charge in [-0.15, -0.1) is 0 Å². The molecule has 88 valence electrons. The van der Waals surface area contributed by atoms with Crippen LogP contribution in [0.1, 0.15) is 19.4 Å². The summed E-state index contributed by atoms with van der Waals surface area (Å²) in [5, 5.41) is 2.83. The lowest BCUT2D eigenvalue weighted by Gasteiger charge is -2.19. The van der Waals surface area contributed by atoms with E-state index in [2.05, 4.69) is 5.32 Å². The lowest BCUT2D eigenvalue weighted by molar-refractivity contribution is 0.245. The molecule has 2 amide bonds. The average molecular weight is 221 g/mol. The monoisotopic (exact) mass is 221 g/mol. The molecule has 0 atom stereocenters.